The molecule has 1 spiro atoms. The van der Waals surface area contributed by atoms with Crippen LogP contribution in [0.1, 0.15) is 64.2 Å². The summed E-state index contributed by atoms with van der Waals surface area (Å²) >= 11 is 0. The monoisotopic (exact) mass is 448 g/mol. The second-order valence-corrected chi connectivity index (χ2v) is 11.2. The Morgan fingerprint density at radius 2 is 1.69 bits per heavy atom. The van der Waals surface area contributed by atoms with Gasteiger partial charge in [-0.1, -0.05) is 58.4 Å². The normalized spacial score (nSPS) is 21.5. The number of carbonyl (C=O) groups excluding carboxylic acids is 1. The number of aryl methyl sites for hydroxylation is 2. The maximum atomic E-state index is 12.5. The Morgan fingerprint density at radius 3 is 2.34 bits per heavy atom. The van der Waals surface area contributed by atoms with Crippen molar-refractivity contribution in [3.63, 3.8) is 0 Å². The molecule has 0 aromatic heterocycles. The SMILES string of the molecule is Cc1cc(CCCC(=O)OCC(C)(C)C2OCOCC23COCOC3)cc(C(C)(C)C)c1. The van der Waals surface area contributed by atoms with Gasteiger partial charge in [0.2, 0.25) is 0 Å². The summed E-state index contributed by atoms with van der Waals surface area (Å²) in [5, 5.41) is 0. The van der Waals surface area contributed by atoms with Gasteiger partial charge in [0.15, 0.2) is 0 Å². The van der Waals surface area contributed by atoms with E-state index in [9.17, 15) is 4.79 Å². The summed E-state index contributed by atoms with van der Waals surface area (Å²) < 4.78 is 28.3. The van der Waals surface area contributed by atoms with Crippen molar-refractivity contribution < 1.29 is 28.5 Å². The van der Waals surface area contributed by atoms with Gasteiger partial charge >= 0.3 is 5.97 Å². The third-order valence-corrected chi connectivity index (χ3v) is 6.37. The lowest BCUT2D eigenvalue weighted by Crippen LogP contribution is -2.60. The van der Waals surface area contributed by atoms with Gasteiger partial charge in [-0.2, -0.15) is 0 Å². The molecule has 2 heterocycles. The Kier molecular flexibility index (Phi) is 8.02. The smallest absolute Gasteiger partial charge is 0.305 e. The van der Waals surface area contributed by atoms with Crippen molar-refractivity contribution in [3.05, 3.63) is 34.9 Å². The van der Waals surface area contributed by atoms with Crippen LogP contribution in [0, 0.1) is 17.8 Å². The zero-order valence-corrected chi connectivity index (χ0v) is 20.6. The third kappa shape index (κ3) is 6.31. The van der Waals surface area contributed by atoms with Crippen molar-refractivity contribution in [2.24, 2.45) is 10.8 Å². The highest BCUT2D eigenvalue weighted by Crippen LogP contribution is 2.42. The van der Waals surface area contributed by atoms with Gasteiger partial charge in [-0.25, -0.2) is 0 Å². The summed E-state index contributed by atoms with van der Waals surface area (Å²) in [7, 11) is 0. The van der Waals surface area contributed by atoms with Crippen molar-refractivity contribution in [1.29, 1.82) is 0 Å². The first-order valence-corrected chi connectivity index (χ1v) is 11.6. The number of ether oxygens (including phenoxy) is 5. The van der Waals surface area contributed by atoms with E-state index in [1.165, 1.54) is 16.7 Å². The van der Waals surface area contributed by atoms with E-state index in [1.807, 2.05) is 0 Å². The maximum Gasteiger partial charge on any atom is 0.305 e. The first-order valence-electron chi connectivity index (χ1n) is 11.6. The minimum absolute atomic E-state index is 0.114. The van der Waals surface area contributed by atoms with E-state index < -0.39 is 0 Å². The van der Waals surface area contributed by atoms with Crippen LogP contribution in [0.5, 0.6) is 0 Å². The average molecular weight is 449 g/mol. The summed E-state index contributed by atoms with van der Waals surface area (Å²) in [5.74, 6) is -0.168. The molecular formula is C26H40O6. The fourth-order valence-electron chi connectivity index (χ4n) is 4.78. The van der Waals surface area contributed by atoms with E-state index in [0.29, 0.717) is 33.0 Å². The minimum atomic E-state index is -0.387. The molecule has 1 aromatic carbocycles. The molecule has 2 saturated heterocycles. The molecule has 0 saturated carbocycles. The van der Waals surface area contributed by atoms with Crippen molar-refractivity contribution in [1.82, 2.24) is 0 Å². The highest BCUT2D eigenvalue weighted by Gasteiger charge is 2.52. The van der Waals surface area contributed by atoms with E-state index in [2.05, 4.69) is 59.7 Å². The molecule has 0 N–H and O–H groups in total. The summed E-state index contributed by atoms with van der Waals surface area (Å²) in [6.07, 6.45) is 1.86. The second-order valence-electron chi connectivity index (χ2n) is 11.2. The molecule has 6 heteroatoms. The summed E-state index contributed by atoms with van der Waals surface area (Å²) in [5.41, 5.74) is 3.22. The zero-order chi connectivity index (χ0) is 23.4. The van der Waals surface area contributed by atoms with Crippen LogP contribution in [0.2, 0.25) is 0 Å². The van der Waals surface area contributed by atoms with Crippen molar-refractivity contribution in [3.8, 4) is 0 Å². The van der Waals surface area contributed by atoms with Gasteiger partial charge in [-0.05, 0) is 36.3 Å². The summed E-state index contributed by atoms with van der Waals surface area (Å²) in [6.45, 7) is 15.3. The predicted molar refractivity (Wildman–Crippen MR) is 122 cm³/mol. The number of rotatable bonds is 7. The van der Waals surface area contributed by atoms with Gasteiger partial charge in [0.25, 0.3) is 0 Å². The first-order chi connectivity index (χ1) is 15.0. The Bertz CT molecular complexity index is 765. The molecule has 0 bridgehead atoms. The predicted octanol–water partition coefficient (Wildman–Crippen LogP) is 4.55. The van der Waals surface area contributed by atoms with Crippen molar-refractivity contribution >= 4 is 5.97 Å². The molecule has 0 radical (unpaired) electrons. The van der Waals surface area contributed by atoms with Crippen LogP contribution in [0.25, 0.3) is 0 Å². The van der Waals surface area contributed by atoms with Gasteiger partial charge in [-0.15, -0.1) is 0 Å². The van der Waals surface area contributed by atoms with Crippen LogP contribution in [0.4, 0.5) is 0 Å². The van der Waals surface area contributed by atoms with Crippen molar-refractivity contribution in [2.75, 3.05) is 40.0 Å². The van der Waals surface area contributed by atoms with E-state index in [4.69, 9.17) is 23.7 Å². The number of hydrogen-bond acceptors (Lipinski definition) is 6. The fourth-order valence-corrected chi connectivity index (χ4v) is 4.78. The van der Waals surface area contributed by atoms with Crippen LogP contribution in [0.3, 0.4) is 0 Å². The average Bonchev–Trinajstić information content (AvgIpc) is 2.72. The lowest BCUT2D eigenvalue weighted by molar-refractivity contribution is -0.299. The molecule has 6 nitrogen and oxygen atoms in total. The van der Waals surface area contributed by atoms with Crippen LogP contribution < -0.4 is 0 Å². The van der Waals surface area contributed by atoms with Crippen molar-refractivity contribution in [2.45, 2.75) is 72.3 Å². The van der Waals surface area contributed by atoms with Crippen LogP contribution in [-0.4, -0.2) is 52.1 Å². The number of carbonyl (C=O) groups is 1. The lowest BCUT2D eigenvalue weighted by atomic mass is 9.70. The second kappa shape index (κ2) is 10.2. The Labute approximate surface area is 192 Å². The maximum absolute atomic E-state index is 12.5. The number of hydrogen-bond donors (Lipinski definition) is 0. The summed E-state index contributed by atoms with van der Waals surface area (Å²) in [6, 6.07) is 6.71. The van der Waals surface area contributed by atoms with E-state index in [0.717, 1.165) is 12.8 Å². The van der Waals surface area contributed by atoms with Gasteiger partial charge in [0.1, 0.15) is 13.6 Å². The minimum Gasteiger partial charge on any atom is -0.465 e. The Morgan fingerprint density at radius 1 is 1.03 bits per heavy atom. The molecule has 1 atom stereocenters. The third-order valence-electron chi connectivity index (χ3n) is 6.37. The molecule has 180 valence electrons. The quantitative estimate of drug-likeness (QED) is 0.571. The molecule has 32 heavy (non-hydrogen) atoms. The molecule has 2 aliphatic heterocycles. The van der Waals surface area contributed by atoms with Gasteiger partial charge in [0, 0.05) is 11.8 Å². The topological polar surface area (TPSA) is 63.2 Å². The molecule has 2 aliphatic rings. The highest BCUT2D eigenvalue weighted by atomic mass is 16.7. The van der Waals surface area contributed by atoms with Crippen LogP contribution >= 0.6 is 0 Å². The van der Waals surface area contributed by atoms with Crippen LogP contribution in [0.15, 0.2) is 18.2 Å². The first kappa shape index (κ1) is 25.2. The number of benzene rings is 1. The number of esters is 1. The van der Waals surface area contributed by atoms with Crippen LogP contribution in [-0.2, 0) is 40.3 Å². The standard InChI is InChI=1S/C26H40O6/c1-19-10-20(12-21(11-19)24(2,3)4)8-7-9-22(27)31-13-25(5,6)23-26(16-30-18-32-23)14-28-17-29-15-26/h10-12,23H,7-9,13-18H2,1-6H3. The fraction of sp³-hybridized carbons (Fsp3) is 0.731. The summed E-state index contributed by atoms with van der Waals surface area (Å²) in [4.78, 5) is 12.5. The molecular weight excluding hydrogens is 408 g/mol. The molecule has 0 amide bonds. The Balaban J connectivity index is 1.50. The Hall–Kier alpha value is -1.47. The lowest BCUT2D eigenvalue weighted by Gasteiger charge is -2.50. The van der Waals surface area contributed by atoms with Gasteiger partial charge in [0.05, 0.1) is 37.9 Å². The largest absolute Gasteiger partial charge is 0.465 e. The molecule has 2 fully saturated rings. The van der Waals surface area contributed by atoms with Gasteiger partial charge < -0.3 is 23.7 Å². The molecule has 0 aliphatic carbocycles. The zero-order valence-electron chi connectivity index (χ0n) is 20.6. The van der Waals surface area contributed by atoms with E-state index >= 15 is 0 Å². The van der Waals surface area contributed by atoms with E-state index in [1.54, 1.807) is 0 Å². The van der Waals surface area contributed by atoms with E-state index in [-0.39, 0.29) is 41.7 Å². The highest BCUT2D eigenvalue weighted by molar-refractivity contribution is 5.69. The molecule has 3 rings (SSSR count). The molecule has 1 aromatic rings. The molecule has 1 unspecified atom stereocenters. The van der Waals surface area contributed by atoms with Gasteiger partial charge in [-0.3, -0.25) is 4.79 Å².